The quantitative estimate of drug-likeness (QED) is 0.315. The highest BCUT2D eigenvalue weighted by atomic mass is 35.5. The van der Waals surface area contributed by atoms with Crippen LogP contribution in [0.2, 0.25) is 5.02 Å². The first-order valence-electron chi connectivity index (χ1n) is 12.8. The summed E-state index contributed by atoms with van der Waals surface area (Å²) in [5, 5.41) is 3.33. The van der Waals surface area contributed by atoms with Crippen molar-refractivity contribution in [3.8, 4) is 5.75 Å². The van der Waals surface area contributed by atoms with E-state index in [-0.39, 0.29) is 17.3 Å². The minimum Gasteiger partial charge on any atom is -0.494 e. The van der Waals surface area contributed by atoms with E-state index >= 15 is 0 Å². The Morgan fingerprint density at radius 2 is 1.56 bits per heavy atom. The Morgan fingerprint density at radius 3 is 2.13 bits per heavy atom. The van der Waals surface area contributed by atoms with Gasteiger partial charge in [0.2, 0.25) is 11.8 Å². The van der Waals surface area contributed by atoms with Gasteiger partial charge in [-0.25, -0.2) is 8.42 Å². The van der Waals surface area contributed by atoms with Gasteiger partial charge in [0, 0.05) is 18.1 Å². The number of likely N-dealkylation sites (N-methyl/N-ethyl adjacent to an activating group) is 1. The van der Waals surface area contributed by atoms with Gasteiger partial charge in [-0.05, 0) is 74.4 Å². The fourth-order valence-electron chi connectivity index (χ4n) is 4.12. The van der Waals surface area contributed by atoms with Crippen molar-refractivity contribution < 1.29 is 22.7 Å². The van der Waals surface area contributed by atoms with Crippen molar-refractivity contribution in [3.05, 3.63) is 89.4 Å². The highest BCUT2D eigenvalue weighted by Crippen LogP contribution is 2.26. The van der Waals surface area contributed by atoms with Crippen LogP contribution in [0, 0.1) is 0 Å². The number of halogens is 1. The molecule has 0 aliphatic rings. The normalized spacial score (nSPS) is 11.9. The fraction of sp³-hybridized carbons (Fsp3) is 0.310. The van der Waals surface area contributed by atoms with Crippen LogP contribution in [0.1, 0.15) is 32.8 Å². The van der Waals surface area contributed by atoms with Crippen LogP contribution in [0.15, 0.2) is 83.8 Å². The molecular formula is C29H34ClN3O5S. The van der Waals surface area contributed by atoms with Gasteiger partial charge in [0.15, 0.2) is 0 Å². The van der Waals surface area contributed by atoms with Crippen LogP contribution in [-0.4, -0.2) is 50.9 Å². The van der Waals surface area contributed by atoms with Crippen LogP contribution in [0.4, 0.5) is 5.69 Å². The SMILES string of the molecule is CCNC(=O)[C@@H](CC)N(Cc1ccc(Cl)cc1)C(=O)CN(c1ccccc1)S(=O)(=O)c1ccc(OCC)cc1. The number of sulfonamides is 1. The first kappa shape index (κ1) is 30.0. The van der Waals surface area contributed by atoms with Gasteiger partial charge < -0.3 is 15.0 Å². The minimum absolute atomic E-state index is 0.0163. The summed E-state index contributed by atoms with van der Waals surface area (Å²) in [6, 6.07) is 20.7. The molecular weight excluding hydrogens is 538 g/mol. The van der Waals surface area contributed by atoms with E-state index < -0.39 is 28.5 Å². The van der Waals surface area contributed by atoms with Gasteiger partial charge in [-0.2, -0.15) is 0 Å². The molecule has 0 radical (unpaired) electrons. The van der Waals surface area contributed by atoms with Crippen LogP contribution in [0.3, 0.4) is 0 Å². The van der Waals surface area contributed by atoms with E-state index in [1.54, 1.807) is 73.7 Å². The topological polar surface area (TPSA) is 96.0 Å². The molecule has 0 saturated heterocycles. The molecule has 39 heavy (non-hydrogen) atoms. The summed E-state index contributed by atoms with van der Waals surface area (Å²) in [6.07, 6.45) is 0.349. The Bertz CT molecular complexity index is 1330. The molecule has 0 bridgehead atoms. The van der Waals surface area contributed by atoms with Crippen molar-refractivity contribution in [2.45, 2.75) is 44.7 Å². The number of ether oxygens (including phenoxy) is 1. The lowest BCUT2D eigenvalue weighted by Crippen LogP contribution is -2.52. The molecule has 3 aromatic rings. The standard InChI is InChI=1S/C29H34ClN3O5S/c1-4-27(29(35)31-5-2)32(20-22-12-14-23(30)15-13-22)28(34)21-33(24-10-8-7-9-11-24)39(36,37)26-18-16-25(17-19-26)38-6-3/h7-19,27H,4-6,20-21H2,1-3H3,(H,31,35)/t27-/m1/s1. The summed E-state index contributed by atoms with van der Waals surface area (Å²) in [7, 11) is -4.14. The largest absolute Gasteiger partial charge is 0.494 e. The highest BCUT2D eigenvalue weighted by Gasteiger charge is 2.33. The molecule has 0 saturated carbocycles. The van der Waals surface area contributed by atoms with Crippen LogP contribution in [0.25, 0.3) is 0 Å². The number of nitrogens with one attached hydrogen (secondary N) is 1. The van der Waals surface area contributed by atoms with Crippen molar-refractivity contribution >= 4 is 39.1 Å². The Hall–Kier alpha value is -3.56. The number of carbonyl (C=O) groups excluding carboxylic acids is 2. The van der Waals surface area contributed by atoms with Crippen molar-refractivity contribution in [1.29, 1.82) is 0 Å². The first-order chi connectivity index (χ1) is 18.7. The van der Waals surface area contributed by atoms with Gasteiger partial charge in [0.25, 0.3) is 10.0 Å². The minimum atomic E-state index is -4.14. The summed E-state index contributed by atoms with van der Waals surface area (Å²) in [6.45, 7) is 5.92. The van der Waals surface area contributed by atoms with Crippen LogP contribution in [-0.2, 0) is 26.2 Å². The third-order valence-electron chi connectivity index (χ3n) is 6.05. The summed E-state index contributed by atoms with van der Waals surface area (Å²) in [5.41, 5.74) is 1.09. The molecule has 0 unspecified atom stereocenters. The number of nitrogens with zero attached hydrogens (tertiary/aromatic N) is 2. The van der Waals surface area contributed by atoms with Crippen molar-refractivity contribution in [1.82, 2.24) is 10.2 Å². The molecule has 2 amide bonds. The van der Waals surface area contributed by atoms with Gasteiger partial charge in [-0.1, -0.05) is 48.9 Å². The zero-order valence-electron chi connectivity index (χ0n) is 22.3. The van der Waals surface area contributed by atoms with Crippen molar-refractivity contribution in [3.63, 3.8) is 0 Å². The Kier molecular flexibility index (Phi) is 10.8. The van der Waals surface area contributed by atoms with Gasteiger partial charge >= 0.3 is 0 Å². The van der Waals surface area contributed by atoms with E-state index in [1.165, 1.54) is 17.0 Å². The van der Waals surface area contributed by atoms with Gasteiger partial charge in [-0.15, -0.1) is 0 Å². The Labute approximate surface area is 235 Å². The molecule has 1 N–H and O–H groups in total. The number of hydrogen-bond acceptors (Lipinski definition) is 5. The third-order valence-corrected chi connectivity index (χ3v) is 8.09. The molecule has 0 fully saturated rings. The predicted molar refractivity (Wildman–Crippen MR) is 153 cm³/mol. The van der Waals surface area contributed by atoms with Crippen LogP contribution in [0.5, 0.6) is 5.75 Å². The summed E-state index contributed by atoms with van der Waals surface area (Å²) in [4.78, 5) is 28.3. The number of para-hydroxylation sites is 1. The zero-order valence-corrected chi connectivity index (χ0v) is 23.9. The number of carbonyl (C=O) groups is 2. The monoisotopic (exact) mass is 571 g/mol. The summed E-state index contributed by atoms with van der Waals surface area (Å²) < 4.78 is 34.2. The average molecular weight is 572 g/mol. The molecule has 10 heteroatoms. The molecule has 8 nitrogen and oxygen atoms in total. The molecule has 1 atom stereocenters. The van der Waals surface area contributed by atoms with Gasteiger partial charge in [0.1, 0.15) is 18.3 Å². The second-order valence-electron chi connectivity index (χ2n) is 8.72. The van der Waals surface area contributed by atoms with E-state index in [4.69, 9.17) is 16.3 Å². The molecule has 208 valence electrons. The molecule has 0 aliphatic carbocycles. The number of rotatable bonds is 13. The summed E-state index contributed by atoms with van der Waals surface area (Å²) in [5.74, 6) is -0.273. The smallest absolute Gasteiger partial charge is 0.264 e. The van der Waals surface area contributed by atoms with Gasteiger partial charge in [0.05, 0.1) is 17.2 Å². The predicted octanol–water partition coefficient (Wildman–Crippen LogP) is 4.88. The molecule has 0 spiro atoms. The fourth-order valence-corrected chi connectivity index (χ4v) is 5.66. The lowest BCUT2D eigenvalue weighted by Gasteiger charge is -2.33. The van der Waals surface area contributed by atoms with E-state index in [1.807, 2.05) is 13.8 Å². The van der Waals surface area contributed by atoms with Crippen LogP contribution < -0.4 is 14.4 Å². The Morgan fingerprint density at radius 1 is 0.923 bits per heavy atom. The van der Waals surface area contributed by atoms with Gasteiger partial charge in [-0.3, -0.25) is 13.9 Å². The van der Waals surface area contributed by atoms with E-state index in [9.17, 15) is 18.0 Å². The first-order valence-corrected chi connectivity index (χ1v) is 14.6. The molecule has 0 heterocycles. The lowest BCUT2D eigenvalue weighted by atomic mass is 10.1. The number of benzene rings is 3. The maximum Gasteiger partial charge on any atom is 0.264 e. The molecule has 3 aromatic carbocycles. The van der Waals surface area contributed by atoms with Crippen molar-refractivity contribution in [2.75, 3.05) is 24.0 Å². The maximum atomic E-state index is 13.9. The number of hydrogen-bond donors (Lipinski definition) is 1. The second-order valence-corrected chi connectivity index (χ2v) is 11.0. The Balaban J connectivity index is 2.01. The van der Waals surface area contributed by atoms with E-state index in [0.29, 0.717) is 36.0 Å². The average Bonchev–Trinajstić information content (AvgIpc) is 2.93. The molecule has 0 aromatic heterocycles. The highest BCUT2D eigenvalue weighted by molar-refractivity contribution is 7.92. The zero-order chi connectivity index (χ0) is 28.4. The van der Waals surface area contributed by atoms with E-state index in [2.05, 4.69) is 5.32 Å². The van der Waals surface area contributed by atoms with Crippen molar-refractivity contribution in [2.24, 2.45) is 0 Å². The van der Waals surface area contributed by atoms with Crippen LogP contribution >= 0.6 is 11.6 Å². The lowest BCUT2D eigenvalue weighted by molar-refractivity contribution is -0.140. The summed E-state index contributed by atoms with van der Waals surface area (Å²) >= 11 is 6.04. The molecule has 0 aliphatic heterocycles. The maximum absolute atomic E-state index is 13.9. The van der Waals surface area contributed by atoms with E-state index in [0.717, 1.165) is 9.87 Å². The number of anilines is 1. The molecule has 3 rings (SSSR count). The second kappa shape index (κ2) is 14.0. The third kappa shape index (κ3) is 7.74. The number of amides is 2.